The molecule has 0 bridgehead atoms. The molecular formula is C9H12F3N3O2. The Morgan fingerprint density at radius 3 is 2.35 bits per heavy atom. The number of alkyl halides is 3. The van der Waals surface area contributed by atoms with Gasteiger partial charge in [-0.3, -0.25) is 0 Å². The van der Waals surface area contributed by atoms with E-state index in [-0.39, 0.29) is 4.68 Å². The van der Waals surface area contributed by atoms with Crippen LogP contribution in [0.25, 0.3) is 0 Å². The second-order valence-corrected chi connectivity index (χ2v) is 4.34. The third-order valence-electron chi connectivity index (χ3n) is 1.59. The molecule has 1 rings (SSSR count). The van der Waals surface area contributed by atoms with Crippen molar-refractivity contribution in [2.24, 2.45) is 0 Å². The van der Waals surface area contributed by atoms with Gasteiger partial charge in [0, 0.05) is 6.07 Å². The first-order valence-corrected chi connectivity index (χ1v) is 4.67. The Balaban J connectivity index is 3.10. The summed E-state index contributed by atoms with van der Waals surface area (Å²) in [6.45, 7) is 4.60. The van der Waals surface area contributed by atoms with E-state index in [2.05, 4.69) is 5.10 Å². The standard InChI is InChI=1S/C9H12F3N3O2/c1-8(2,3)17-7(16)15-5(9(10,11)12)4-6(13)14-15/h4H,1-3H3,(H2,13,14). The van der Waals surface area contributed by atoms with Crippen molar-refractivity contribution >= 4 is 11.9 Å². The molecule has 0 aliphatic heterocycles. The van der Waals surface area contributed by atoms with Crippen molar-refractivity contribution in [3.05, 3.63) is 11.8 Å². The highest BCUT2D eigenvalue weighted by Gasteiger charge is 2.38. The summed E-state index contributed by atoms with van der Waals surface area (Å²) in [5, 5.41) is 3.26. The Hall–Kier alpha value is -1.73. The molecule has 0 fully saturated rings. The summed E-state index contributed by atoms with van der Waals surface area (Å²) in [6, 6.07) is 0.573. The molecule has 0 aliphatic rings. The molecule has 0 atom stereocenters. The molecule has 1 aromatic rings. The number of carbonyl (C=O) groups excluding carboxylic acids is 1. The van der Waals surface area contributed by atoms with E-state index in [0.29, 0.717) is 6.07 Å². The lowest BCUT2D eigenvalue weighted by Crippen LogP contribution is -2.30. The van der Waals surface area contributed by atoms with Crippen molar-refractivity contribution in [2.75, 3.05) is 5.73 Å². The second kappa shape index (κ2) is 3.94. The summed E-state index contributed by atoms with van der Waals surface area (Å²) in [6.07, 6.45) is -5.94. The number of nitrogens with two attached hydrogens (primary N) is 1. The molecule has 0 saturated heterocycles. The minimum atomic E-state index is -4.72. The first-order chi connectivity index (χ1) is 7.50. The summed E-state index contributed by atoms with van der Waals surface area (Å²) >= 11 is 0. The van der Waals surface area contributed by atoms with Gasteiger partial charge in [0.1, 0.15) is 11.4 Å². The van der Waals surface area contributed by atoms with Crippen molar-refractivity contribution in [3.8, 4) is 0 Å². The number of hydrogen-bond donors (Lipinski definition) is 1. The Morgan fingerprint density at radius 2 is 1.94 bits per heavy atom. The minimum absolute atomic E-state index is 0.112. The lowest BCUT2D eigenvalue weighted by molar-refractivity contribution is -0.143. The van der Waals surface area contributed by atoms with Crippen LogP contribution in [0.1, 0.15) is 26.5 Å². The second-order valence-electron chi connectivity index (χ2n) is 4.34. The van der Waals surface area contributed by atoms with Crippen LogP contribution >= 0.6 is 0 Å². The van der Waals surface area contributed by atoms with Gasteiger partial charge in [-0.1, -0.05) is 0 Å². The zero-order valence-corrected chi connectivity index (χ0v) is 9.50. The minimum Gasteiger partial charge on any atom is -0.442 e. The van der Waals surface area contributed by atoms with E-state index >= 15 is 0 Å². The van der Waals surface area contributed by atoms with Crippen molar-refractivity contribution in [3.63, 3.8) is 0 Å². The number of anilines is 1. The van der Waals surface area contributed by atoms with Crippen LogP contribution in [0, 0.1) is 0 Å². The Morgan fingerprint density at radius 1 is 1.41 bits per heavy atom. The number of nitrogen functional groups attached to an aromatic ring is 1. The summed E-state index contributed by atoms with van der Waals surface area (Å²) in [5.74, 6) is -0.400. The van der Waals surface area contributed by atoms with Crippen LogP contribution in [0.3, 0.4) is 0 Å². The molecule has 0 unspecified atom stereocenters. The average Bonchev–Trinajstić information content (AvgIpc) is 2.43. The molecule has 0 radical (unpaired) electrons. The average molecular weight is 251 g/mol. The first-order valence-electron chi connectivity index (χ1n) is 4.67. The maximum Gasteiger partial charge on any atom is 0.435 e. The molecule has 1 heterocycles. The van der Waals surface area contributed by atoms with Gasteiger partial charge < -0.3 is 10.5 Å². The van der Waals surface area contributed by atoms with Gasteiger partial charge >= 0.3 is 12.3 Å². The SMILES string of the molecule is CC(C)(C)OC(=O)n1nc(N)cc1C(F)(F)F. The van der Waals surface area contributed by atoms with Gasteiger partial charge in [-0.2, -0.15) is 17.9 Å². The monoisotopic (exact) mass is 251 g/mol. The van der Waals surface area contributed by atoms with E-state index < -0.39 is 29.4 Å². The van der Waals surface area contributed by atoms with Crippen LogP contribution in [-0.4, -0.2) is 21.5 Å². The van der Waals surface area contributed by atoms with Gasteiger partial charge in [-0.05, 0) is 20.8 Å². The lowest BCUT2D eigenvalue weighted by atomic mass is 10.2. The number of carbonyl (C=O) groups is 1. The van der Waals surface area contributed by atoms with Crippen molar-refractivity contribution in [1.29, 1.82) is 0 Å². The van der Waals surface area contributed by atoms with Gasteiger partial charge in [0.2, 0.25) is 0 Å². The molecule has 0 aromatic carbocycles. The lowest BCUT2D eigenvalue weighted by Gasteiger charge is -2.19. The van der Waals surface area contributed by atoms with Crippen molar-refractivity contribution in [2.45, 2.75) is 32.5 Å². The highest BCUT2D eigenvalue weighted by molar-refractivity contribution is 5.71. The third-order valence-corrected chi connectivity index (χ3v) is 1.59. The molecular weight excluding hydrogens is 239 g/mol. The molecule has 0 aliphatic carbocycles. The Labute approximate surface area is 95.3 Å². The van der Waals surface area contributed by atoms with E-state index in [1.54, 1.807) is 0 Å². The maximum absolute atomic E-state index is 12.5. The fraction of sp³-hybridized carbons (Fsp3) is 0.556. The highest BCUT2D eigenvalue weighted by atomic mass is 19.4. The molecule has 5 nitrogen and oxygen atoms in total. The molecule has 0 spiro atoms. The first kappa shape index (κ1) is 13.3. The van der Waals surface area contributed by atoms with E-state index in [1.807, 2.05) is 0 Å². The van der Waals surface area contributed by atoms with E-state index in [4.69, 9.17) is 10.5 Å². The number of rotatable bonds is 0. The number of nitrogens with zero attached hydrogens (tertiary/aromatic N) is 2. The molecule has 1 aromatic heterocycles. The van der Waals surface area contributed by atoms with Gasteiger partial charge in [0.25, 0.3) is 0 Å². The van der Waals surface area contributed by atoms with Crippen LogP contribution in [0.2, 0.25) is 0 Å². The summed E-state index contributed by atoms with van der Waals surface area (Å²) in [4.78, 5) is 11.5. The summed E-state index contributed by atoms with van der Waals surface area (Å²) < 4.78 is 42.5. The predicted molar refractivity (Wildman–Crippen MR) is 53.3 cm³/mol. The van der Waals surface area contributed by atoms with E-state index in [9.17, 15) is 18.0 Å². The van der Waals surface area contributed by atoms with Crippen LogP contribution in [0.15, 0.2) is 6.07 Å². The number of ether oxygens (including phenoxy) is 1. The third kappa shape index (κ3) is 3.36. The molecule has 8 heteroatoms. The van der Waals surface area contributed by atoms with Crippen LogP contribution in [0.5, 0.6) is 0 Å². The fourth-order valence-corrected chi connectivity index (χ4v) is 1.05. The Kier molecular flexibility index (Phi) is 3.09. The van der Waals surface area contributed by atoms with Gasteiger partial charge in [0.15, 0.2) is 5.69 Å². The van der Waals surface area contributed by atoms with Crippen molar-refractivity contribution in [1.82, 2.24) is 9.78 Å². The zero-order chi connectivity index (χ0) is 13.4. The maximum atomic E-state index is 12.5. The molecule has 0 amide bonds. The molecule has 96 valence electrons. The van der Waals surface area contributed by atoms with Gasteiger partial charge in [-0.15, -0.1) is 5.10 Å². The summed E-state index contributed by atoms with van der Waals surface area (Å²) in [7, 11) is 0. The van der Waals surface area contributed by atoms with Crippen molar-refractivity contribution < 1.29 is 22.7 Å². The van der Waals surface area contributed by atoms with E-state index in [0.717, 1.165) is 0 Å². The number of hydrogen-bond acceptors (Lipinski definition) is 4. The molecule has 17 heavy (non-hydrogen) atoms. The normalized spacial score (nSPS) is 12.6. The fourth-order valence-electron chi connectivity index (χ4n) is 1.05. The topological polar surface area (TPSA) is 70.1 Å². The highest BCUT2D eigenvalue weighted by Crippen LogP contribution is 2.30. The largest absolute Gasteiger partial charge is 0.442 e. The Bertz CT molecular complexity index is 432. The predicted octanol–water partition coefficient (Wildman–Crippen LogP) is 2.27. The molecule has 2 N–H and O–H groups in total. The summed E-state index contributed by atoms with van der Waals surface area (Å²) in [5.41, 5.74) is 2.96. The quantitative estimate of drug-likeness (QED) is 0.767. The molecule has 0 saturated carbocycles. The van der Waals surface area contributed by atoms with E-state index in [1.165, 1.54) is 20.8 Å². The number of halogens is 3. The van der Waals surface area contributed by atoms with Crippen LogP contribution < -0.4 is 5.73 Å². The number of aromatic nitrogens is 2. The van der Waals surface area contributed by atoms with Gasteiger partial charge in [-0.25, -0.2) is 4.79 Å². The smallest absolute Gasteiger partial charge is 0.435 e. The zero-order valence-electron chi connectivity index (χ0n) is 9.50. The van der Waals surface area contributed by atoms with Crippen LogP contribution in [-0.2, 0) is 10.9 Å². The van der Waals surface area contributed by atoms with Gasteiger partial charge in [0.05, 0.1) is 0 Å². The van der Waals surface area contributed by atoms with Crippen LogP contribution in [0.4, 0.5) is 23.8 Å².